The molecule has 0 saturated carbocycles. The molecule has 1 heterocycles. The molecule has 1 aromatic heterocycles. The Hall–Kier alpha value is -7.36. The van der Waals surface area contributed by atoms with Crippen LogP contribution in [-0.4, -0.2) is 4.57 Å². The van der Waals surface area contributed by atoms with Crippen molar-refractivity contribution in [3.63, 3.8) is 0 Å². The Labute approximate surface area is 321 Å². The van der Waals surface area contributed by atoms with Gasteiger partial charge in [0, 0.05) is 50.3 Å². The molecule has 0 radical (unpaired) electrons. The van der Waals surface area contributed by atoms with Crippen molar-refractivity contribution in [3.8, 4) is 16.8 Å². The zero-order valence-corrected chi connectivity index (χ0v) is 30.2. The summed E-state index contributed by atoms with van der Waals surface area (Å²) in [5.74, 6) is 0. The van der Waals surface area contributed by atoms with Gasteiger partial charge in [0.15, 0.2) is 0 Å². The number of nitrogens with zero attached hydrogens (tertiary/aromatic N) is 3. The molecule has 0 saturated heterocycles. The normalized spacial score (nSPS) is 11.3. The molecule has 10 aromatic rings. The van der Waals surface area contributed by atoms with Gasteiger partial charge >= 0.3 is 0 Å². The van der Waals surface area contributed by atoms with E-state index in [2.05, 4.69) is 239 Å². The molecule has 0 aliphatic heterocycles. The smallest absolute Gasteiger partial charge is 0.0561 e. The quantitative estimate of drug-likeness (QED) is 0.156. The molecule has 260 valence electrons. The summed E-state index contributed by atoms with van der Waals surface area (Å²) >= 11 is 0. The van der Waals surface area contributed by atoms with Crippen LogP contribution in [0.25, 0.3) is 49.4 Å². The van der Waals surface area contributed by atoms with Gasteiger partial charge in [-0.3, -0.25) is 0 Å². The monoisotopic (exact) mass is 703 g/mol. The Bertz CT molecular complexity index is 2860. The van der Waals surface area contributed by atoms with E-state index in [1.807, 2.05) is 0 Å². The Balaban J connectivity index is 1.11. The minimum atomic E-state index is 1.10. The number of anilines is 6. The van der Waals surface area contributed by atoms with Gasteiger partial charge in [0.25, 0.3) is 0 Å². The number of para-hydroxylation sites is 5. The Morgan fingerprint density at radius 1 is 0.291 bits per heavy atom. The fourth-order valence-electron chi connectivity index (χ4n) is 8.08. The van der Waals surface area contributed by atoms with Crippen molar-refractivity contribution in [2.45, 2.75) is 0 Å². The van der Waals surface area contributed by atoms with E-state index in [1.54, 1.807) is 0 Å². The summed E-state index contributed by atoms with van der Waals surface area (Å²) in [4.78, 5) is 4.70. The highest BCUT2D eigenvalue weighted by atomic mass is 15.1. The van der Waals surface area contributed by atoms with Gasteiger partial charge in [0.2, 0.25) is 0 Å². The summed E-state index contributed by atoms with van der Waals surface area (Å²) in [6, 6.07) is 80.5. The third-order valence-corrected chi connectivity index (χ3v) is 10.6. The molecular formula is C52H37N3. The molecule has 0 spiro atoms. The molecule has 9 aromatic carbocycles. The van der Waals surface area contributed by atoms with Crippen molar-refractivity contribution in [2.75, 3.05) is 9.80 Å². The lowest BCUT2D eigenvalue weighted by molar-refractivity contribution is 1.18. The average molecular weight is 704 g/mol. The highest BCUT2D eigenvalue weighted by Gasteiger charge is 2.20. The van der Waals surface area contributed by atoms with Gasteiger partial charge in [0.1, 0.15) is 0 Å². The molecule has 0 atom stereocenters. The topological polar surface area (TPSA) is 11.4 Å². The van der Waals surface area contributed by atoms with E-state index in [-0.39, 0.29) is 0 Å². The summed E-state index contributed by atoms with van der Waals surface area (Å²) in [6.07, 6.45) is 0. The second-order valence-electron chi connectivity index (χ2n) is 13.8. The van der Waals surface area contributed by atoms with Crippen LogP contribution in [0, 0.1) is 0 Å². The van der Waals surface area contributed by atoms with Crippen molar-refractivity contribution >= 4 is 66.7 Å². The summed E-state index contributed by atoms with van der Waals surface area (Å²) in [7, 11) is 0. The molecule has 0 amide bonds. The first kappa shape index (κ1) is 32.3. The van der Waals surface area contributed by atoms with Crippen molar-refractivity contribution in [1.29, 1.82) is 0 Å². The maximum absolute atomic E-state index is 2.40. The van der Waals surface area contributed by atoms with Crippen LogP contribution >= 0.6 is 0 Å². The summed E-state index contributed by atoms with van der Waals surface area (Å²) < 4.78 is 2.39. The standard InChI is InChI=1S/C52H37N3/c1-5-17-39(18-6-1)53(40-19-7-2-8-20-40)43-31-29-38(30-32-43)45-35-36-51(47-26-14-13-25-46(45)47)54(41-21-9-3-10-22-41)44-33-34-49-48-27-15-16-28-50(48)55(52(49)37-44)42-23-11-4-12-24-42/h1-37H. The van der Waals surface area contributed by atoms with Crippen LogP contribution in [0.4, 0.5) is 34.1 Å². The van der Waals surface area contributed by atoms with Crippen molar-refractivity contribution < 1.29 is 0 Å². The first-order valence-corrected chi connectivity index (χ1v) is 18.8. The van der Waals surface area contributed by atoms with Gasteiger partial charge in [-0.25, -0.2) is 0 Å². The van der Waals surface area contributed by atoms with E-state index in [9.17, 15) is 0 Å². The summed E-state index contributed by atoms with van der Waals surface area (Å²) in [5.41, 5.74) is 12.6. The lowest BCUT2D eigenvalue weighted by Gasteiger charge is -2.28. The number of rotatable bonds is 8. The van der Waals surface area contributed by atoms with Gasteiger partial charge in [-0.1, -0.05) is 140 Å². The molecule has 0 fully saturated rings. The highest BCUT2D eigenvalue weighted by Crippen LogP contribution is 2.44. The van der Waals surface area contributed by atoms with Crippen molar-refractivity contribution in [2.24, 2.45) is 0 Å². The third kappa shape index (κ3) is 5.80. The molecule has 0 bridgehead atoms. The molecule has 0 N–H and O–H groups in total. The number of benzene rings is 9. The maximum atomic E-state index is 2.40. The van der Waals surface area contributed by atoms with E-state index < -0.39 is 0 Å². The molecule has 3 nitrogen and oxygen atoms in total. The fraction of sp³-hybridized carbons (Fsp3) is 0. The summed E-state index contributed by atoms with van der Waals surface area (Å²) in [6.45, 7) is 0. The number of hydrogen-bond acceptors (Lipinski definition) is 2. The van der Waals surface area contributed by atoms with Gasteiger partial charge in [0.05, 0.1) is 16.7 Å². The molecule has 0 aliphatic carbocycles. The number of aromatic nitrogens is 1. The first-order chi connectivity index (χ1) is 27.3. The van der Waals surface area contributed by atoms with Crippen molar-refractivity contribution in [1.82, 2.24) is 4.57 Å². The second-order valence-corrected chi connectivity index (χ2v) is 13.8. The van der Waals surface area contributed by atoms with Crippen LogP contribution < -0.4 is 9.80 Å². The maximum Gasteiger partial charge on any atom is 0.0561 e. The SMILES string of the molecule is c1ccc(N(c2ccccc2)c2ccc(-c3ccc(N(c4ccccc4)c4ccc5c6ccccc6n(-c6ccccc6)c5c4)c4ccccc34)cc2)cc1. The predicted molar refractivity (Wildman–Crippen MR) is 233 cm³/mol. The zero-order chi connectivity index (χ0) is 36.6. The minimum Gasteiger partial charge on any atom is -0.311 e. The van der Waals surface area contributed by atoms with Gasteiger partial charge in [-0.2, -0.15) is 0 Å². The van der Waals surface area contributed by atoms with Crippen LogP contribution in [0.1, 0.15) is 0 Å². The van der Waals surface area contributed by atoms with Crippen LogP contribution in [0.5, 0.6) is 0 Å². The molecular weight excluding hydrogens is 667 g/mol. The van der Waals surface area contributed by atoms with E-state index in [0.717, 1.165) is 39.8 Å². The molecule has 3 heteroatoms. The summed E-state index contributed by atoms with van der Waals surface area (Å²) in [5, 5.41) is 4.87. The molecule has 0 unspecified atom stereocenters. The predicted octanol–water partition coefficient (Wildman–Crippen LogP) is 14.5. The lowest BCUT2D eigenvalue weighted by atomic mass is 9.96. The lowest BCUT2D eigenvalue weighted by Crippen LogP contribution is -2.11. The van der Waals surface area contributed by atoms with Crippen LogP contribution in [0.3, 0.4) is 0 Å². The Kier molecular flexibility index (Phi) is 8.16. The van der Waals surface area contributed by atoms with E-state index in [4.69, 9.17) is 0 Å². The highest BCUT2D eigenvalue weighted by molar-refractivity contribution is 6.11. The second kappa shape index (κ2) is 13.9. The van der Waals surface area contributed by atoms with Crippen molar-refractivity contribution in [3.05, 3.63) is 224 Å². The van der Waals surface area contributed by atoms with E-state index >= 15 is 0 Å². The third-order valence-electron chi connectivity index (χ3n) is 10.6. The zero-order valence-electron chi connectivity index (χ0n) is 30.2. The number of fused-ring (bicyclic) bond motifs is 4. The average Bonchev–Trinajstić information content (AvgIpc) is 3.59. The largest absolute Gasteiger partial charge is 0.311 e. The Morgan fingerprint density at radius 2 is 0.764 bits per heavy atom. The van der Waals surface area contributed by atoms with Crippen LogP contribution in [0.15, 0.2) is 224 Å². The van der Waals surface area contributed by atoms with Crippen LogP contribution in [0.2, 0.25) is 0 Å². The van der Waals surface area contributed by atoms with E-state index in [1.165, 1.54) is 43.7 Å². The number of hydrogen-bond donors (Lipinski definition) is 0. The van der Waals surface area contributed by atoms with Gasteiger partial charge in [-0.05, 0) is 101 Å². The molecule has 0 aliphatic rings. The first-order valence-electron chi connectivity index (χ1n) is 18.8. The van der Waals surface area contributed by atoms with Gasteiger partial charge < -0.3 is 14.4 Å². The Morgan fingerprint density at radius 3 is 1.40 bits per heavy atom. The minimum absolute atomic E-state index is 1.10. The molecule has 55 heavy (non-hydrogen) atoms. The molecule has 10 rings (SSSR count). The van der Waals surface area contributed by atoms with Crippen LogP contribution in [-0.2, 0) is 0 Å². The van der Waals surface area contributed by atoms with E-state index in [0.29, 0.717) is 0 Å². The fourth-order valence-corrected chi connectivity index (χ4v) is 8.08. The van der Waals surface area contributed by atoms with Gasteiger partial charge in [-0.15, -0.1) is 0 Å².